The smallest absolute Gasteiger partial charge is 0.231 e. The Morgan fingerprint density at radius 1 is 1.12 bits per heavy atom. The number of carbonyl (C=O) groups excluding carboxylic acids is 1. The van der Waals surface area contributed by atoms with Crippen LogP contribution in [0.4, 0.5) is 0 Å². The average molecular weight is 340 g/mol. The number of carbonyl (C=O) groups is 1. The molecule has 3 atom stereocenters. The molecular weight excluding hydrogens is 312 g/mol. The second-order valence-corrected chi connectivity index (χ2v) is 8.97. The summed E-state index contributed by atoms with van der Waals surface area (Å²) >= 11 is 0. The van der Waals surface area contributed by atoms with Crippen LogP contribution in [-0.2, 0) is 14.3 Å². The second-order valence-electron chi connectivity index (χ2n) is 8.97. The van der Waals surface area contributed by atoms with E-state index in [1.165, 1.54) is 24.8 Å². The van der Waals surface area contributed by atoms with Crippen molar-refractivity contribution in [3.63, 3.8) is 0 Å². The third kappa shape index (κ3) is 2.59. The Bertz CT molecular complexity index is 734. The first kappa shape index (κ1) is 16.7. The van der Waals surface area contributed by atoms with Gasteiger partial charge in [0.1, 0.15) is 0 Å². The van der Waals surface area contributed by atoms with E-state index in [-0.39, 0.29) is 18.0 Å². The summed E-state index contributed by atoms with van der Waals surface area (Å²) in [6.07, 6.45) is 13.0. The van der Waals surface area contributed by atoms with Crippen molar-refractivity contribution >= 4 is 5.78 Å². The van der Waals surface area contributed by atoms with Crippen LogP contribution in [0.25, 0.3) is 0 Å². The van der Waals surface area contributed by atoms with Crippen molar-refractivity contribution in [2.24, 2.45) is 22.7 Å². The Kier molecular flexibility index (Phi) is 3.75. The van der Waals surface area contributed by atoms with E-state index < -0.39 is 0 Å². The largest absolute Gasteiger partial charge is 0.454 e. The number of ether oxygens (including phenoxy) is 2. The highest BCUT2D eigenvalue weighted by molar-refractivity contribution is 6.08. The maximum absolute atomic E-state index is 12.6. The summed E-state index contributed by atoms with van der Waals surface area (Å²) in [5.41, 5.74) is 2.70. The Balaban J connectivity index is 1.74. The van der Waals surface area contributed by atoms with Gasteiger partial charge in [-0.15, -0.1) is 0 Å². The molecule has 25 heavy (non-hydrogen) atoms. The normalized spacial score (nSPS) is 38.0. The lowest BCUT2D eigenvalue weighted by molar-refractivity contribution is -0.111. The van der Waals surface area contributed by atoms with Gasteiger partial charge in [0.05, 0.1) is 0 Å². The molecule has 0 aromatic rings. The van der Waals surface area contributed by atoms with Gasteiger partial charge in [0.25, 0.3) is 0 Å². The van der Waals surface area contributed by atoms with Crippen LogP contribution in [-0.4, -0.2) is 12.6 Å². The van der Waals surface area contributed by atoms with Crippen LogP contribution in [0.2, 0.25) is 0 Å². The van der Waals surface area contributed by atoms with E-state index in [1.54, 1.807) is 6.08 Å². The summed E-state index contributed by atoms with van der Waals surface area (Å²) in [4.78, 5) is 12.6. The topological polar surface area (TPSA) is 35.5 Å². The van der Waals surface area contributed by atoms with Gasteiger partial charge in [-0.3, -0.25) is 4.79 Å². The molecule has 2 fully saturated rings. The first-order valence-electron chi connectivity index (χ1n) is 9.43. The third-order valence-corrected chi connectivity index (χ3v) is 7.00. The third-order valence-electron chi connectivity index (χ3n) is 7.00. The maximum atomic E-state index is 12.6. The van der Waals surface area contributed by atoms with Crippen molar-refractivity contribution in [2.75, 3.05) is 6.79 Å². The highest BCUT2D eigenvalue weighted by Crippen LogP contribution is 2.60. The molecule has 1 saturated heterocycles. The maximum Gasteiger partial charge on any atom is 0.231 e. The molecule has 0 unspecified atom stereocenters. The molecule has 4 aliphatic rings. The number of hydrogen-bond acceptors (Lipinski definition) is 3. The zero-order valence-corrected chi connectivity index (χ0v) is 15.7. The van der Waals surface area contributed by atoms with Gasteiger partial charge in [-0.2, -0.15) is 0 Å². The molecule has 0 bridgehead atoms. The highest BCUT2D eigenvalue weighted by atomic mass is 16.7. The van der Waals surface area contributed by atoms with Crippen LogP contribution in [0, 0.1) is 22.7 Å². The van der Waals surface area contributed by atoms with Gasteiger partial charge in [-0.05, 0) is 49.0 Å². The summed E-state index contributed by atoms with van der Waals surface area (Å²) in [5.74, 6) is 2.24. The SMILES string of the molecule is CC1=CC[C@H]2C(C)(C)CCC[C@]2(C)[C@H]1/C=C1/C=C2OCOC2=CC1=O. The van der Waals surface area contributed by atoms with E-state index in [0.717, 1.165) is 12.0 Å². The molecule has 4 rings (SSSR count). The molecule has 0 spiro atoms. The van der Waals surface area contributed by atoms with Gasteiger partial charge in [0, 0.05) is 17.6 Å². The first-order valence-corrected chi connectivity index (χ1v) is 9.43. The lowest BCUT2D eigenvalue weighted by atomic mass is 9.48. The number of allylic oxidation sites excluding steroid dienone is 6. The molecular formula is C22H28O3. The minimum Gasteiger partial charge on any atom is -0.454 e. The summed E-state index contributed by atoms with van der Waals surface area (Å²) < 4.78 is 10.8. The predicted molar refractivity (Wildman–Crippen MR) is 97.4 cm³/mol. The molecule has 0 amide bonds. The molecule has 1 heterocycles. The van der Waals surface area contributed by atoms with Crippen LogP contribution in [0.15, 0.2) is 47.0 Å². The van der Waals surface area contributed by atoms with Crippen LogP contribution in [0.5, 0.6) is 0 Å². The minimum atomic E-state index is 0.0258. The van der Waals surface area contributed by atoms with E-state index in [2.05, 4.69) is 39.8 Å². The van der Waals surface area contributed by atoms with Gasteiger partial charge in [0.15, 0.2) is 17.3 Å². The first-order chi connectivity index (χ1) is 11.8. The van der Waals surface area contributed by atoms with Gasteiger partial charge >= 0.3 is 0 Å². The molecule has 3 nitrogen and oxygen atoms in total. The molecule has 3 aliphatic carbocycles. The molecule has 0 aromatic heterocycles. The van der Waals surface area contributed by atoms with Gasteiger partial charge in [-0.1, -0.05) is 44.9 Å². The van der Waals surface area contributed by atoms with Crippen LogP contribution in [0.1, 0.15) is 53.4 Å². The zero-order chi connectivity index (χ0) is 17.8. The average Bonchev–Trinajstić information content (AvgIpc) is 2.97. The molecule has 0 aromatic carbocycles. The van der Waals surface area contributed by atoms with Gasteiger partial charge in [0.2, 0.25) is 6.79 Å². The predicted octanol–water partition coefficient (Wildman–Crippen LogP) is 5.07. The van der Waals surface area contributed by atoms with Crippen molar-refractivity contribution in [1.29, 1.82) is 0 Å². The Morgan fingerprint density at radius 2 is 1.84 bits per heavy atom. The Labute approximate surface area is 150 Å². The number of hydrogen-bond donors (Lipinski definition) is 0. The fraction of sp³-hybridized carbons (Fsp3) is 0.591. The Morgan fingerprint density at radius 3 is 2.60 bits per heavy atom. The Hall–Kier alpha value is -1.77. The molecule has 134 valence electrons. The zero-order valence-electron chi connectivity index (χ0n) is 15.7. The van der Waals surface area contributed by atoms with E-state index in [4.69, 9.17) is 9.47 Å². The van der Waals surface area contributed by atoms with Crippen molar-refractivity contribution in [1.82, 2.24) is 0 Å². The molecule has 3 heteroatoms. The van der Waals surface area contributed by atoms with Crippen molar-refractivity contribution < 1.29 is 14.3 Å². The van der Waals surface area contributed by atoms with E-state index in [0.29, 0.717) is 28.8 Å². The number of rotatable bonds is 1. The fourth-order valence-electron chi connectivity index (χ4n) is 5.65. The number of ketones is 1. The second kappa shape index (κ2) is 5.62. The fourth-order valence-corrected chi connectivity index (χ4v) is 5.65. The van der Waals surface area contributed by atoms with E-state index in [9.17, 15) is 4.79 Å². The lowest BCUT2D eigenvalue weighted by Gasteiger charge is -2.56. The monoisotopic (exact) mass is 340 g/mol. The van der Waals surface area contributed by atoms with Crippen LogP contribution >= 0.6 is 0 Å². The van der Waals surface area contributed by atoms with Crippen molar-refractivity contribution in [3.05, 3.63) is 47.0 Å². The van der Waals surface area contributed by atoms with Gasteiger partial charge in [-0.25, -0.2) is 0 Å². The summed E-state index contributed by atoms with van der Waals surface area (Å²) in [6, 6.07) is 0. The van der Waals surface area contributed by atoms with Crippen molar-refractivity contribution in [2.45, 2.75) is 53.4 Å². The van der Waals surface area contributed by atoms with Gasteiger partial charge < -0.3 is 9.47 Å². The van der Waals surface area contributed by atoms with Crippen LogP contribution < -0.4 is 0 Å². The summed E-state index contributed by atoms with van der Waals surface area (Å²) in [7, 11) is 0. The highest BCUT2D eigenvalue weighted by Gasteiger charge is 2.51. The lowest BCUT2D eigenvalue weighted by Crippen LogP contribution is -2.48. The van der Waals surface area contributed by atoms with E-state index >= 15 is 0 Å². The van der Waals surface area contributed by atoms with E-state index in [1.807, 2.05) is 6.08 Å². The van der Waals surface area contributed by atoms with Crippen LogP contribution in [0.3, 0.4) is 0 Å². The standard InChI is InChI=1S/C22H28O3/c1-14-6-7-20-21(2,3)8-5-9-22(20,4)16(14)10-15-11-18-19(12-17(15)23)25-13-24-18/h6,10-12,16,20H,5,7-9,13H2,1-4H3/b15-10-/t16-,20-,22+/m0/s1. The number of fused-ring (bicyclic) bond motifs is 2. The molecule has 1 saturated carbocycles. The minimum absolute atomic E-state index is 0.0258. The van der Waals surface area contributed by atoms with Crippen molar-refractivity contribution in [3.8, 4) is 0 Å². The molecule has 0 radical (unpaired) electrons. The summed E-state index contributed by atoms with van der Waals surface area (Å²) in [5, 5.41) is 0. The molecule has 0 N–H and O–H groups in total. The quantitative estimate of drug-likeness (QED) is 0.494. The molecule has 1 aliphatic heterocycles. The summed E-state index contributed by atoms with van der Waals surface area (Å²) in [6.45, 7) is 9.70.